The number of imidazole rings is 1. The summed E-state index contributed by atoms with van der Waals surface area (Å²) in [4.78, 5) is 12.3. The average Bonchev–Trinajstić information content (AvgIpc) is 2.93. The van der Waals surface area contributed by atoms with Gasteiger partial charge in [-0.1, -0.05) is 18.6 Å². The first-order valence-electron chi connectivity index (χ1n) is 8.15. The first-order valence-corrected chi connectivity index (χ1v) is 9.36. The van der Waals surface area contributed by atoms with Crippen molar-refractivity contribution in [2.75, 3.05) is 7.11 Å². The van der Waals surface area contributed by atoms with Crippen molar-refractivity contribution >= 4 is 21.8 Å². The van der Waals surface area contributed by atoms with E-state index in [0.717, 1.165) is 53.7 Å². The van der Waals surface area contributed by atoms with E-state index in [4.69, 9.17) is 4.74 Å². The number of para-hydroxylation sites is 2. The number of aromatic nitrogens is 3. The topological polar surface area (TPSA) is 67.9 Å². The van der Waals surface area contributed by atoms with Gasteiger partial charge in [-0.3, -0.25) is 9.19 Å². The summed E-state index contributed by atoms with van der Waals surface area (Å²) in [5, 5.41) is 0.372. The van der Waals surface area contributed by atoms with Crippen molar-refractivity contribution < 1.29 is 8.95 Å². The van der Waals surface area contributed by atoms with Crippen LogP contribution in [0, 0.1) is 0 Å². The van der Waals surface area contributed by atoms with E-state index < -0.39 is 10.8 Å². The Kier molecular flexibility index (Phi) is 4.06. The van der Waals surface area contributed by atoms with E-state index in [0.29, 0.717) is 5.16 Å². The van der Waals surface area contributed by atoms with Gasteiger partial charge in [0.15, 0.2) is 5.16 Å². The lowest BCUT2D eigenvalue weighted by Gasteiger charge is -2.16. The highest BCUT2D eigenvalue weighted by atomic mass is 32.2. The highest BCUT2D eigenvalue weighted by Crippen LogP contribution is 2.37. The molecule has 24 heavy (non-hydrogen) atoms. The molecule has 2 atom stereocenters. The minimum absolute atomic E-state index is 0.154. The highest BCUT2D eigenvalue weighted by molar-refractivity contribution is 7.85. The highest BCUT2D eigenvalue weighted by Gasteiger charge is 2.29. The number of nitrogens with zero attached hydrogens (tertiary/aromatic N) is 2. The minimum atomic E-state index is -1.27. The van der Waals surface area contributed by atoms with Crippen LogP contribution in [0.3, 0.4) is 0 Å². The van der Waals surface area contributed by atoms with Crippen LogP contribution >= 0.6 is 0 Å². The minimum Gasteiger partial charge on any atom is -0.496 e. The second-order valence-electron chi connectivity index (χ2n) is 5.97. The molecule has 5 nitrogen and oxygen atoms in total. The molecule has 6 heteroatoms. The molecule has 0 aliphatic heterocycles. The molecule has 0 fully saturated rings. The van der Waals surface area contributed by atoms with Gasteiger partial charge in [-0.2, -0.15) is 0 Å². The summed E-state index contributed by atoms with van der Waals surface area (Å²) < 4.78 is 18.7. The number of pyridine rings is 1. The zero-order valence-electron chi connectivity index (χ0n) is 13.5. The molecule has 0 unspecified atom stereocenters. The number of hydrogen-bond donors (Lipinski definition) is 1. The van der Waals surface area contributed by atoms with Crippen LogP contribution in [-0.4, -0.2) is 26.3 Å². The van der Waals surface area contributed by atoms with Crippen molar-refractivity contribution in [1.82, 2.24) is 15.0 Å². The molecule has 0 saturated heterocycles. The molecule has 0 amide bonds. The molecule has 0 spiro atoms. The molecular weight excluding hydrogens is 322 g/mol. The third kappa shape index (κ3) is 2.60. The van der Waals surface area contributed by atoms with Gasteiger partial charge in [0.2, 0.25) is 0 Å². The first kappa shape index (κ1) is 15.3. The lowest BCUT2D eigenvalue weighted by molar-refractivity contribution is 0.408. The van der Waals surface area contributed by atoms with E-state index in [1.165, 1.54) is 0 Å². The number of fused-ring (bicyclic) bond motifs is 2. The van der Waals surface area contributed by atoms with Crippen molar-refractivity contribution in [3.63, 3.8) is 0 Å². The average molecular weight is 341 g/mol. The van der Waals surface area contributed by atoms with Crippen molar-refractivity contribution in [3.05, 3.63) is 47.8 Å². The maximum absolute atomic E-state index is 13.2. The summed E-state index contributed by atoms with van der Waals surface area (Å²) in [7, 11) is 0.402. The fraction of sp³-hybridized carbons (Fsp3) is 0.333. The maximum Gasteiger partial charge on any atom is 0.198 e. The molecule has 0 saturated carbocycles. The Bertz CT molecular complexity index is 873. The number of hydrogen-bond acceptors (Lipinski definition) is 4. The molecule has 0 radical (unpaired) electrons. The van der Waals surface area contributed by atoms with Crippen molar-refractivity contribution in [3.8, 4) is 5.75 Å². The molecule has 1 N–H and O–H groups in total. The maximum atomic E-state index is 13.2. The van der Waals surface area contributed by atoms with Crippen LogP contribution in [0.15, 0.2) is 41.7 Å². The second kappa shape index (κ2) is 6.36. The third-order valence-electron chi connectivity index (χ3n) is 4.53. The van der Waals surface area contributed by atoms with Gasteiger partial charge in [0.05, 0.1) is 39.9 Å². The Balaban J connectivity index is 1.77. The van der Waals surface area contributed by atoms with E-state index in [1.807, 2.05) is 30.3 Å². The van der Waals surface area contributed by atoms with Crippen LogP contribution in [0.5, 0.6) is 5.75 Å². The lowest BCUT2D eigenvalue weighted by Crippen LogP contribution is -2.11. The van der Waals surface area contributed by atoms with Gasteiger partial charge in [-0.05, 0) is 37.5 Å². The van der Waals surface area contributed by atoms with Gasteiger partial charge >= 0.3 is 0 Å². The van der Waals surface area contributed by atoms with Gasteiger partial charge in [-0.15, -0.1) is 0 Å². The Hall–Kier alpha value is -2.21. The quantitative estimate of drug-likeness (QED) is 0.740. The van der Waals surface area contributed by atoms with Gasteiger partial charge < -0.3 is 9.72 Å². The SMILES string of the molecule is COc1ccnc2c1CCCC[C@@H]2[S@](=O)c1nc2ccccc2[nH]1. The van der Waals surface area contributed by atoms with Gasteiger partial charge in [-0.25, -0.2) is 4.98 Å². The van der Waals surface area contributed by atoms with Crippen LogP contribution in [0.1, 0.15) is 35.8 Å². The zero-order chi connectivity index (χ0) is 16.5. The smallest absolute Gasteiger partial charge is 0.198 e. The van der Waals surface area contributed by atoms with E-state index in [2.05, 4.69) is 15.0 Å². The number of methoxy groups -OCH3 is 1. The lowest BCUT2D eigenvalue weighted by atomic mass is 10.1. The second-order valence-corrected chi connectivity index (χ2v) is 7.52. The van der Waals surface area contributed by atoms with Gasteiger partial charge in [0.25, 0.3) is 0 Å². The predicted octanol–water partition coefficient (Wildman–Crippen LogP) is 3.54. The Labute approximate surface area is 142 Å². The van der Waals surface area contributed by atoms with Crippen LogP contribution in [0.25, 0.3) is 11.0 Å². The molecule has 2 aromatic heterocycles. The van der Waals surface area contributed by atoms with E-state index in [-0.39, 0.29) is 5.25 Å². The fourth-order valence-electron chi connectivity index (χ4n) is 3.35. The normalized spacial score (nSPS) is 18.8. The largest absolute Gasteiger partial charge is 0.496 e. The monoisotopic (exact) mass is 341 g/mol. The number of aromatic amines is 1. The van der Waals surface area contributed by atoms with Gasteiger partial charge in [0.1, 0.15) is 5.75 Å². The molecule has 3 aromatic rings. The van der Waals surface area contributed by atoms with Crippen molar-refractivity contribution in [1.29, 1.82) is 0 Å². The molecular formula is C18H19N3O2S. The number of benzene rings is 1. The zero-order valence-corrected chi connectivity index (χ0v) is 14.3. The first-order chi connectivity index (χ1) is 11.8. The van der Waals surface area contributed by atoms with Crippen molar-refractivity contribution in [2.24, 2.45) is 0 Å². The Morgan fingerprint density at radius 2 is 2.12 bits per heavy atom. The van der Waals surface area contributed by atoms with Crippen LogP contribution in [-0.2, 0) is 17.2 Å². The number of H-pyrrole nitrogens is 1. The fourth-order valence-corrected chi connectivity index (χ4v) is 4.80. The molecule has 124 valence electrons. The van der Waals surface area contributed by atoms with Crippen LogP contribution in [0.2, 0.25) is 0 Å². The summed E-state index contributed by atoms with van der Waals surface area (Å²) in [5.74, 6) is 0.841. The third-order valence-corrected chi connectivity index (χ3v) is 6.08. The van der Waals surface area contributed by atoms with E-state index >= 15 is 0 Å². The molecule has 1 aliphatic carbocycles. The standard InChI is InChI=1S/C18H19N3O2S/c1-23-15-10-11-19-17-12(15)6-2-5-9-16(17)24(22)18-20-13-7-3-4-8-14(13)21-18/h3-4,7-8,10-11,16H,2,5-6,9H2,1H3,(H,20,21)/t16-,24-/m0/s1. The molecule has 4 rings (SSSR count). The molecule has 1 aliphatic rings. The number of ether oxygens (including phenoxy) is 1. The molecule has 1 aromatic carbocycles. The summed E-state index contributed by atoms with van der Waals surface area (Å²) in [6.45, 7) is 0. The molecule has 2 heterocycles. The molecule has 0 bridgehead atoms. The van der Waals surface area contributed by atoms with Crippen LogP contribution < -0.4 is 4.74 Å². The summed E-state index contributed by atoms with van der Waals surface area (Å²) in [5.41, 5.74) is 3.74. The summed E-state index contributed by atoms with van der Waals surface area (Å²) in [6.07, 6.45) is 5.59. The van der Waals surface area contributed by atoms with Crippen LogP contribution in [0.4, 0.5) is 0 Å². The summed E-state index contributed by atoms with van der Waals surface area (Å²) in [6, 6.07) is 9.63. The number of rotatable bonds is 3. The van der Waals surface area contributed by atoms with E-state index in [9.17, 15) is 4.21 Å². The number of nitrogens with one attached hydrogen (secondary N) is 1. The Morgan fingerprint density at radius 1 is 1.25 bits per heavy atom. The summed E-state index contributed by atoms with van der Waals surface area (Å²) >= 11 is 0. The van der Waals surface area contributed by atoms with Gasteiger partial charge in [0, 0.05) is 11.8 Å². The predicted molar refractivity (Wildman–Crippen MR) is 93.6 cm³/mol. The Morgan fingerprint density at radius 3 is 2.96 bits per heavy atom. The van der Waals surface area contributed by atoms with Crippen molar-refractivity contribution in [2.45, 2.75) is 36.1 Å². The van der Waals surface area contributed by atoms with E-state index in [1.54, 1.807) is 13.3 Å².